The Morgan fingerprint density at radius 2 is 1.85 bits per heavy atom. The predicted molar refractivity (Wildman–Crippen MR) is 104 cm³/mol. The number of aromatic nitrogens is 1. The third-order valence-corrected chi connectivity index (χ3v) is 7.26. The molecule has 0 aliphatic carbocycles. The number of pyridine rings is 1. The van der Waals surface area contributed by atoms with Crippen molar-refractivity contribution in [2.24, 2.45) is 5.92 Å². The Morgan fingerprint density at radius 3 is 2.54 bits per heavy atom. The highest BCUT2D eigenvalue weighted by atomic mass is 79.9. The van der Waals surface area contributed by atoms with Gasteiger partial charge in [-0.15, -0.1) is 0 Å². The summed E-state index contributed by atoms with van der Waals surface area (Å²) in [4.78, 5) is 19.0. The summed E-state index contributed by atoms with van der Waals surface area (Å²) >= 11 is 3.28. The van der Waals surface area contributed by atoms with E-state index >= 15 is 0 Å². The molecule has 7 heteroatoms. The Morgan fingerprint density at radius 1 is 1.15 bits per heavy atom. The fraction of sp³-hybridized carbons (Fsp3) is 0.368. The first-order chi connectivity index (χ1) is 12.4. The van der Waals surface area contributed by atoms with Crippen LogP contribution in [-0.2, 0) is 15.6 Å². The van der Waals surface area contributed by atoms with Crippen LogP contribution in [0.5, 0.6) is 0 Å². The molecule has 1 aliphatic heterocycles. The fourth-order valence-electron chi connectivity index (χ4n) is 3.02. The van der Waals surface area contributed by atoms with Crippen LogP contribution in [0.3, 0.4) is 0 Å². The molecular weight excluding hydrogens is 416 g/mol. The van der Waals surface area contributed by atoms with Gasteiger partial charge < -0.3 is 4.90 Å². The summed E-state index contributed by atoms with van der Waals surface area (Å²) in [5.41, 5.74) is 0.677. The lowest BCUT2D eigenvalue weighted by Gasteiger charge is -2.30. The molecule has 0 radical (unpaired) electrons. The smallest absolute Gasteiger partial charge is 0.272 e. The largest absolute Gasteiger partial charge is 0.337 e. The minimum Gasteiger partial charge on any atom is -0.337 e. The summed E-state index contributed by atoms with van der Waals surface area (Å²) in [6.07, 6.45) is 1.98. The van der Waals surface area contributed by atoms with E-state index in [4.69, 9.17) is 0 Å². The van der Waals surface area contributed by atoms with Gasteiger partial charge in [-0.2, -0.15) is 0 Å². The van der Waals surface area contributed by atoms with E-state index in [2.05, 4.69) is 27.8 Å². The molecule has 5 nitrogen and oxygen atoms in total. The molecule has 0 atom stereocenters. The van der Waals surface area contributed by atoms with Gasteiger partial charge in [-0.3, -0.25) is 4.79 Å². The summed E-state index contributed by atoms with van der Waals surface area (Å²) in [5.74, 6) is 0.262. The van der Waals surface area contributed by atoms with Crippen molar-refractivity contribution in [1.82, 2.24) is 9.88 Å². The van der Waals surface area contributed by atoms with Crippen molar-refractivity contribution in [3.05, 3.63) is 58.3 Å². The number of nitrogens with zero attached hydrogens (tertiary/aromatic N) is 2. The van der Waals surface area contributed by atoms with Crippen molar-refractivity contribution < 1.29 is 13.2 Å². The second-order valence-corrected chi connectivity index (χ2v) is 9.49. The minimum atomic E-state index is -3.55. The molecule has 26 heavy (non-hydrogen) atoms. The number of carbonyl (C=O) groups excluding carboxylic acids is 1. The zero-order valence-electron chi connectivity index (χ0n) is 14.6. The van der Waals surface area contributed by atoms with Crippen molar-refractivity contribution in [3.63, 3.8) is 0 Å². The highest BCUT2D eigenvalue weighted by Gasteiger charge is 2.24. The van der Waals surface area contributed by atoms with Crippen LogP contribution < -0.4 is 0 Å². The van der Waals surface area contributed by atoms with Crippen LogP contribution in [0.1, 0.15) is 35.9 Å². The summed E-state index contributed by atoms with van der Waals surface area (Å²) < 4.78 is 25.9. The second-order valence-electron chi connectivity index (χ2n) is 6.68. The summed E-state index contributed by atoms with van der Waals surface area (Å²) in [7, 11) is -3.55. The van der Waals surface area contributed by atoms with Gasteiger partial charge in [0.2, 0.25) is 0 Å². The van der Waals surface area contributed by atoms with Crippen molar-refractivity contribution in [2.75, 3.05) is 13.1 Å². The van der Waals surface area contributed by atoms with Gasteiger partial charge in [0, 0.05) is 17.6 Å². The first-order valence-corrected chi connectivity index (χ1v) is 11.0. The van der Waals surface area contributed by atoms with Gasteiger partial charge in [0.05, 0.1) is 16.3 Å². The van der Waals surface area contributed by atoms with E-state index in [0.29, 0.717) is 21.8 Å². The number of sulfone groups is 1. The highest BCUT2D eigenvalue weighted by molar-refractivity contribution is 9.10. The molecule has 0 unspecified atom stereocenters. The molecule has 2 aromatic rings. The van der Waals surface area contributed by atoms with Gasteiger partial charge in [-0.1, -0.05) is 25.1 Å². The van der Waals surface area contributed by atoms with Gasteiger partial charge in [-0.05, 0) is 59.0 Å². The number of amides is 1. The molecule has 3 rings (SSSR count). The van der Waals surface area contributed by atoms with E-state index in [1.54, 1.807) is 47.4 Å². The standard InChI is InChI=1S/C19H21BrN2O3S/c1-14-9-11-22(12-10-14)19(23)17-7-4-5-15(21-17)13-26(24,25)18-8-3-2-6-16(18)20/h2-8,14H,9-13H2,1H3. The molecule has 1 amide bonds. The van der Waals surface area contributed by atoms with Crippen LogP contribution in [0.15, 0.2) is 51.8 Å². The van der Waals surface area contributed by atoms with Gasteiger partial charge in [0.25, 0.3) is 5.91 Å². The average molecular weight is 437 g/mol. The van der Waals surface area contributed by atoms with Crippen molar-refractivity contribution in [2.45, 2.75) is 30.4 Å². The van der Waals surface area contributed by atoms with Crippen LogP contribution in [0.4, 0.5) is 0 Å². The van der Waals surface area contributed by atoms with Crippen molar-refractivity contribution in [3.8, 4) is 0 Å². The number of piperidine rings is 1. The van der Waals surface area contributed by atoms with E-state index in [9.17, 15) is 13.2 Å². The van der Waals surface area contributed by atoms with Gasteiger partial charge in [0.15, 0.2) is 9.84 Å². The quantitative estimate of drug-likeness (QED) is 0.732. The fourth-order valence-corrected chi connectivity index (χ4v) is 5.40. The Labute approximate surface area is 162 Å². The van der Waals surface area contributed by atoms with E-state index < -0.39 is 9.84 Å². The third-order valence-electron chi connectivity index (χ3n) is 4.61. The summed E-state index contributed by atoms with van der Waals surface area (Å²) in [6, 6.07) is 11.7. The van der Waals surface area contributed by atoms with E-state index in [1.807, 2.05) is 0 Å². The Hall–Kier alpha value is -1.73. The molecule has 1 aliphatic rings. The number of benzene rings is 1. The summed E-state index contributed by atoms with van der Waals surface area (Å²) in [6.45, 7) is 3.63. The van der Waals surface area contributed by atoms with Gasteiger partial charge in [0.1, 0.15) is 5.69 Å². The van der Waals surface area contributed by atoms with Gasteiger partial charge in [-0.25, -0.2) is 13.4 Å². The number of carbonyl (C=O) groups is 1. The molecule has 2 heterocycles. The predicted octanol–water partition coefficient (Wildman–Crippen LogP) is 3.69. The monoisotopic (exact) mass is 436 g/mol. The SMILES string of the molecule is CC1CCN(C(=O)c2cccc(CS(=O)(=O)c3ccccc3Br)n2)CC1. The maximum absolute atomic E-state index is 12.7. The molecule has 138 valence electrons. The zero-order chi connectivity index (χ0) is 18.7. The molecule has 0 bridgehead atoms. The Kier molecular flexibility index (Phi) is 5.77. The average Bonchev–Trinajstić information content (AvgIpc) is 2.62. The molecular formula is C19H21BrN2O3S. The molecule has 1 fully saturated rings. The lowest BCUT2D eigenvalue weighted by atomic mass is 9.99. The lowest BCUT2D eigenvalue weighted by molar-refractivity contribution is 0.0691. The lowest BCUT2D eigenvalue weighted by Crippen LogP contribution is -2.38. The number of hydrogen-bond acceptors (Lipinski definition) is 4. The number of hydrogen-bond donors (Lipinski definition) is 0. The van der Waals surface area contributed by atoms with Crippen LogP contribution in [0, 0.1) is 5.92 Å². The normalized spacial score (nSPS) is 15.8. The maximum Gasteiger partial charge on any atom is 0.272 e. The van der Waals surface area contributed by atoms with Crippen LogP contribution in [-0.4, -0.2) is 37.3 Å². The number of rotatable bonds is 4. The van der Waals surface area contributed by atoms with E-state index in [0.717, 1.165) is 25.9 Å². The number of likely N-dealkylation sites (tertiary alicyclic amines) is 1. The zero-order valence-corrected chi connectivity index (χ0v) is 17.0. The topological polar surface area (TPSA) is 67.3 Å². The van der Waals surface area contributed by atoms with Crippen LogP contribution in [0.25, 0.3) is 0 Å². The molecule has 1 aromatic heterocycles. The molecule has 1 saturated heterocycles. The van der Waals surface area contributed by atoms with E-state index in [-0.39, 0.29) is 16.6 Å². The highest BCUT2D eigenvalue weighted by Crippen LogP contribution is 2.24. The second kappa shape index (κ2) is 7.88. The van der Waals surface area contributed by atoms with Gasteiger partial charge >= 0.3 is 0 Å². The summed E-state index contributed by atoms with van der Waals surface area (Å²) in [5, 5.41) is 0. The third kappa shape index (κ3) is 4.32. The first-order valence-electron chi connectivity index (χ1n) is 8.59. The van der Waals surface area contributed by atoms with Crippen LogP contribution in [0.2, 0.25) is 0 Å². The Bertz CT molecular complexity index is 907. The Balaban J connectivity index is 1.79. The molecule has 0 N–H and O–H groups in total. The molecule has 0 spiro atoms. The maximum atomic E-state index is 12.7. The minimum absolute atomic E-state index is 0.128. The molecule has 0 saturated carbocycles. The van der Waals surface area contributed by atoms with Crippen molar-refractivity contribution >= 4 is 31.7 Å². The van der Waals surface area contributed by atoms with E-state index in [1.165, 1.54) is 0 Å². The molecule has 1 aromatic carbocycles. The van der Waals surface area contributed by atoms with Crippen LogP contribution >= 0.6 is 15.9 Å². The van der Waals surface area contributed by atoms with Crippen molar-refractivity contribution in [1.29, 1.82) is 0 Å². The first kappa shape index (κ1) is 19.0. The number of halogens is 1.